The average Bonchev–Trinajstić information content (AvgIpc) is 1.81. The van der Waals surface area contributed by atoms with Crippen molar-refractivity contribution in [2.24, 2.45) is 0 Å². The van der Waals surface area contributed by atoms with Gasteiger partial charge in [0.1, 0.15) is 0 Å². The van der Waals surface area contributed by atoms with Crippen LogP contribution in [-0.4, -0.2) is 0 Å². The van der Waals surface area contributed by atoms with Crippen LogP contribution in [0.2, 0.25) is 0 Å². The molecular formula is C8H13. The Labute approximate surface area is 51.9 Å². The van der Waals surface area contributed by atoms with Crippen LogP contribution >= 0.6 is 0 Å². The van der Waals surface area contributed by atoms with Gasteiger partial charge in [0.15, 0.2) is 0 Å². The second-order valence-corrected chi connectivity index (χ2v) is 1.57. The number of allylic oxidation sites excluding steroid dienone is 4. The van der Waals surface area contributed by atoms with Crippen molar-refractivity contribution in [2.45, 2.75) is 20.3 Å². The van der Waals surface area contributed by atoms with Crippen molar-refractivity contribution in [1.29, 1.82) is 0 Å². The van der Waals surface area contributed by atoms with E-state index in [1.807, 2.05) is 20.3 Å². The Morgan fingerprint density at radius 2 is 1.88 bits per heavy atom. The highest BCUT2D eigenvalue weighted by molar-refractivity contribution is 4.96. The molecule has 0 bridgehead atoms. The van der Waals surface area contributed by atoms with Gasteiger partial charge in [0.2, 0.25) is 0 Å². The third kappa shape index (κ3) is 5.48. The first-order valence-electron chi connectivity index (χ1n) is 2.97. The van der Waals surface area contributed by atoms with E-state index in [2.05, 4.69) is 24.3 Å². The maximum Gasteiger partial charge on any atom is -0.0169 e. The lowest BCUT2D eigenvalue weighted by Crippen LogP contribution is -1.56. The normalized spacial score (nSPS) is 11.8. The molecule has 0 aromatic heterocycles. The molecule has 0 aromatic rings. The van der Waals surface area contributed by atoms with Crippen molar-refractivity contribution in [3.05, 3.63) is 30.7 Å². The van der Waals surface area contributed by atoms with Crippen LogP contribution in [0.5, 0.6) is 0 Å². The summed E-state index contributed by atoms with van der Waals surface area (Å²) in [4.78, 5) is 0. The molecule has 0 spiro atoms. The van der Waals surface area contributed by atoms with E-state index < -0.39 is 0 Å². The summed E-state index contributed by atoms with van der Waals surface area (Å²) >= 11 is 0. The van der Waals surface area contributed by atoms with E-state index in [4.69, 9.17) is 0 Å². The van der Waals surface area contributed by atoms with Crippen LogP contribution in [0.4, 0.5) is 0 Å². The predicted molar refractivity (Wildman–Crippen MR) is 38.5 cm³/mol. The number of hydrogen-bond acceptors (Lipinski definition) is 0. The third-order valence-electron chi connectivity index (χ3n) is 0.836. The van der Waals surface area contributed by atoms with Gasteiger partial charge in [-0.2, -0.15) is 0 Å². The minimum absolute atomic E-state index is 1.06. The third-order valence-corrected chi connectivity index (χ3v) is 0.836. The highest BCUT2D eigenvalue weighted by Gasteiger charge is 1.65. The Kier molecular flexibility index (Phi) is 6.06. The molecule has 0 aliphatic rings. The summed E-state index contributed by atoms with van der Waals surface area (Å²) in [7, 11) is 0. The molecule has 0 aliphatic carbocycles. The number of hydrogen-bond donors (Lipinski definition) is 0. The Morgan fingerprint density at radius 1 is 1.12 bits per heavy atom. The molecular weight excluding hydrogens is 96.1 g/mol. The molecule has 0 saturated carbocycles. The molecule has 0 aromatic carbocycles. The van der Waals surface area contributed by atoms with Gasteiger partial charge in [0.25, 0.3) is 0 Å². The van der Waals surface area contributed by atoms with Crippen molar-refractivity contribution in [2.75, 3.05) is 0 Å². The zero-order valence-electron chi connectivity index (χ0n) is 5.59. The first-order valence-corrected chi connectivity index (χ1v) is 2.97. The molecule has 0 fully saturated rings. The van der Waals surface area contributed by atoms with E-state index in [9.17, 15) is 0 Å². The molecule has 0 amide bonds. The van der Waals surface area contributed by atoms with E-state index in [1.165, 1.54) is 0 Å². The minimum Gasteiger partial charge on any atom is -0.0914 e. The van der Waals surface area contributed by atoms with Gasteiger partial charge in [-0.15, -0.1) is 0 Å². The van der Waals surface area contributed by atoms with E-state index in [0.29, 0.717) is 0 Å². The van der Waals surface area contributed by atoms with Gasteiger partial charge in [-0.25, -0.2) is 0 Å². The van der Waals surface area contributed by atoms with Gasteiger partial charge in [-0.05, 0) is 19.8 Å². The summed E-state index contributed by atoms with van der Waals surface area (Å²) in [6.45, 7) is 4.05. The molecule has 0 aliphatic heterocycles. The molecule has 0 heteroatoms. The standard InChI is InChI=1S/C8H13/c1-3-5-7-8-6-4-2/h3-7H,8H2,1-2H3/b6-4+,7-5+. The van der Waals surface area contributed by atoms with Gasteiger partial charge in [0, 0.05) is 0 Å². The van der Waals surface area contributed by atoms with E-state index >= 15 is 0 Å². The molecule has 0 saturated heterocycles. The van der Waals surface area contributed by atoms with Crippen molar-refractivity contribution in [3.63, 3.8) is 0 Å². The largest absolute Gasteiger partial charge is 0.0914 e. The molecule has 0 rings (SSSR count). The Balaban J connectivity index is 3.03. The Morgan fingerprint density at radius 3 is 2.38 bits per heavy atom. The van der Waals surface area contributed by atoms with Crippen LogP contribution in [0.1, 0.15) is 20.3 Å². The quantitative estimate of drug-likeness (QED) is 0.489. The SMILES string of the molecule is C[CH]/C=C/C/C=C/C. The highest BCUT2D eigenvalue weighted by Crippen LogP contribution is 1.85. The van der Waals surface area contributed by atoms with Crippen LogP contribution in [0.3, 0.4) is 0 Å². The second kappa shape index (κ2) is 6.48. The monoisotopic (exact) mass is 109 g/mol. The maximum atomic E-state index is 2.12. The van der Waals surface area contributed by atoms with E-state index in [1.54, 1.807) is 0 Å². The molecule has 1 radical (unpaired) electrons. The van der Waals surface area contributed by atoms with Crippen LogP contribution in [-0.2, 0) is 0 Å². The summed E-state index contributed by atoms with van der Waals surface area (Å²) < 4.78 is 0. The lowest BCUT2D eigenvalue weighted by Gasteiger charge is -1.77. The molecule has 45 valence electrons. The van der Waals surface area contributed by atoms with Crippen LogP contribution in [0, 0.1) is 6.42 Å². The van der Waals surface area contributed by atoms with Crippen molar-refractivity contribution in [1.82, 2.24) is 0 Å². The van der Waals surface area contributed by atoms with E-state index in [-0.39, 0.29) is 0 Å². The van der Waals surface area contributed by atoms with Gasteiger partial charge >= 0.3 is 0 Å². The minimum atomic E-state index is 1.06. The molecule has 0 N–H and O–H groups in total. The van der Waals surface area contributed by atoms with Crippen LogP contribution in [0.25, 0.3) is 0 Å². The first-order chi connectivity index (χ1) is 3.91. The zero-order chi connectivity index (χ0) is 6.24. The van der Waals surface area contributed by atoms with Crippen LogP contribution < -0.4 is 0 Å². The van der Waals surface area contributed by atoms with Crippen molar-refractivity contribution >= 4 is 0 Å². The fourth-order valence-corrected chi connectivity index (χ4v) is 0.429. The average molecular weight is 109 g/mol. The fraction of sp³-hybridized carbons (Fsp3) is 0.375. The van der Waals surface area contributed by atoms with E-state index in [0.717, 1.165) is 6.42 Å². The summed E-state index contributed by atoms with van der Waals surface area (Å²) in [5.74, 6) is 0. The Hall–Kier alpha value is -0.520. The van der Waals surface area contributed by atoms with Gasteiger partial charge in [-0.3, -0.25) is 0 Å². The van der Waals surface area contributed by atoms with Crippen LogP contribution in [0.15, 0.2) is 24.3 Å². The predicted octanol–water partition coefficient (Wildman–Crippen LogP) is 2.73. The van der Waals surface area contributed by atoms with Gasteiger partial charge in [-0.1, -0.05) is 31.2 Å². The van der Waals surface area contributed by atoms with Crippen molar-refractivity contribution < 1.29 is 0 Å². The van der Waals surface area contributed by atoms with Gasteiger partial charge in [0.05, 0.1) is 0 Å². The van der Waals surface area contributed by atoms with Gasteiger partial charge < -0.3 is 0 Å². The molecule has 0 unspecified atom stereocenters. The summed E-state index contributed by atoms with van der Waals surface area (Å²) in [5.41, 5.74) is 0. The summed E-state index contributed by atoms with van der Waals surface area (Å²) in [5, 5.41) is 0. The lowest BCUT2D eigenvalue weighted by atomic mass is 10.3. The zero-order valence-corrected chi connectivity index (χ0v) is 5.59. The molecule has 8 heavy (non-hydrogen) atoms. The molecule has 0 nitrogen and oxygen atoms in total. The fourth-order valence-electron chi connectivity index (χ4n) is 0.429. The second-order valence-electron chi connectivity index (χ2n) is 1.57. The molecule has 0 atom stereocenters. The topological polar surface area (TPSA) is 0 Å². The smallest absolute Gasteiger partial charge is 0.0169 e. The van der Waals surface area contributed by atoms with Crippen molar-refractivity contribution in [3.8, 4) is 0 Å². The first kappa shape index (κ1) is 7.48. The summed E-state index contributed by atoms with van der Waals surface area (Å²) in [6, 6.07) is 0. The lowest BCUT2D eigenvalue weighted by molar-refractivity contribution is 1.36. The number of rotatable bonds is 3. The Bertz CT molecular complexity index is 78.0. The maximum absolute atomic E-state index is 2.12. The summed E-state index contributed by atoms with van der Waals surface area (Å²) in [6.07, 6.45) is 11.4. The highest BCUT2D eigenvalue weighted by atomic mass is 13.7. The molecule has 0 heterocycles.